The topological polar surface area (TPSA) is 74.1 Å². The van der Waals surface area contributed by atoms with E-state index >= 15 is 0 Å². The number of aromatic nitrogens is 4. The lowest BCUT2D eigenvalue weighted by Gasteiger charge is -2.35. The van der Waals surface area contributed by atoms with Gasteiger partial charge in [0.15, 0.2) is 5.82 Å². The number of rotatable bonds is 8. The molecule has 0 aliphatic heterocycles. The van der Waals surface area contributed by atoms with Gasteiger partial charge in [0.1, 0.15) is 0 Å². The van der Waals surface area contributed by atoms with E-state index < -0.39 is 0 Å². The minimum Gasteiger partial charge on any atom is -0.383 e. The molecule has 1 aliphatic rings. The summed E-state index contributed by atoms with van der Waals surface area (Å²) in [7, 11) is 1.69. The van der Waals surface area contributed by atoms with Crippen molar-refractivity contribution in [2.75, 3.05) is 26.9 Å². The molecule has 19 heavy (non-hydrogen) atoms. The van der Waals surface area contributed by atoms with Crippen LogP contribution < -0.4 is 5.32 Å². The highest BCUT2D eigenvalue weighted by Crippen LogP contribution is 2.34. The second kappa shape index (κ2) is 6.93. The van der Waals surface area contributed by atoms with Crippen LogP contribution in [0.3, 0.4) is 0 Å². The quantitative estimate of drug-likeness (QED) is 0.701. The van der Waals surface area contributed by atoms with Crippen molar-refractivity contribution in [1.29, 1.82) is 0 Å². The van der Waals surface area contributed by atoms with Crippen molar-refractivity contribution in [2.45, 2.75) is 44.9 Å². The molecule has 1 heterocycles. The maximum atomic E-state index is 5.57. The maximum absolute atomic E-state index is 5.57. The van der Waals surface area contributed by atoms with Gasteiger partial charge in [-0.25, -0.2) is 4.68 Å². The van der Waals surface area contributed by atoms with E-state index in [1.54, 1.807) is 7.11 Å². The molecule has 1 saturated carbocycles. The number of methoxy groups -OCH3 is 1. The largest absolute Gasteiger partial charge is 0.383 e. The van der Waals surface area contributed by atoms with E-state index in [0.29, 0.717) is 18.8 Å². The Hall–Kier alpha value is -1.05. The lowest BCUT2D eigenvalue weighted by atomic mass is 9.89. The van der Waals surface area contributed by atoms with Crippen LogP contribution in [0, 0.1) is 0 Å². The predicted octanol–water partition coefficient (Wildman–Crippen LogP) is 0.710. The highest BCUT2D eigenvalue weighted by Gasteiger charge is 2.34. The molecule has 1 fully saturated rings. The first kappa shape index (κ1) is 14.4. The third kappa shape index (κ3) is 3.49. The molecule has 7 heteroatoms. The summed E-state index contributed by atoms with van der Waals surface area (Å²) in [6.45, 7) is 6.33. The molecular weight excluding hydrogens is 246 g/mol. The van der Waals surface area contributed by atoms with Crippen LogP contribution in [0.25, 0.3) is 0 Å². The third-order valence-electron chi connectivity index (χ3n) is 3.48. The SMILES string of the molecule is CCOC1CC(n2nnnc2C(C)NCCOC)C1. The minimum atomic E-state index is 0.122. The van der Waals surface area contributed by atoms with Crippen LogP contribution in [0.2, 0.25) is 0 Å². The molecular formula is C12H23N5O2. The van der Waals surface area contributed by atoms with Gasteiger partial charge in [-0.2, -0.15) is 0 Å². The fourth-order valence-corrected chi connectivity index (χ4v) is 2.32. The zero-order valence-corrected chi connectivity index (χ0v) is 11.9. The first-order valence-electron chi connectivity index (χ1n) is 6.88. The fourth-order valence-electron chi connectivity index (χ4n) is 2.32. The number of hydrogen-bond acceptors (Lipinski definition) is 6. The molecule has 0 amide bonds. The lowest BCUT2D eigenvalue weighted by molar-refractivity contribution is -0.0242. The smallest absolute Gasteiger partial charge is 0.168 e. The lowest BCUT2D eigenvalue weighted by Crippen LogP contribution is -2.36. The van der Waals surface area contributed by atoms with Crippen molar-refractivity contribution in [3.8, 4) is 0 Å². The highest BCUT2D eigenvalue weighted by atomic mass is 16.5. The Bertz CT molecular complexity index is 359. The average Bonchev–Trinajstić information content (AvgIpc) is 2.82. The molecule has 1 aliphatic carbocycles. The first-order chi connectivity index (χ1) is 9.26. The summed E-state index contributed by atoms with van der Waals surface area (Å²) >= 11 is 0. The Morgan fingerprint density at radius 1 is 1.47 bits per heavy atom. The minimum absolute atomic E-state index is 0.122. The number of hydrogen-bond donors (Lipinski definition) is 1. The standard InChI is InChI=1S/C12H23N5O2/c1-4-19-11-7-10(8-11)17-12(14-15-16-17)9(2)13-5-6-18-3/h9-11,13H,4-8H2,1-3H3. The van der Waals surface area contributed by atoms with Gasteiger partial charge >= 0.3 is 0 Å². The van der Waals surface area contributed by atoms with E-state index in [4.69, 9.17) is 9.47 Å². The summed E-state index contributed by atoms with van der Waals surface area (Å²) in [6.07, 6.45) is 2.36. The molecule has 108 valence electrons. The normalized spacial score (nSPS) is 24.2. The number of ether oxygens (including phenoxy) is 2. The second-order valence-electron chi connectivity index (χ2n) is 4.85. The maximum Gasteiger partial charge on any atom is 0.168 e. The zero-order valence-electron chi connectivity index (χ0n) is 11.9. The molecule has 1 N–H and O–H groups in total. The highest BCUT2D eigenvalue weighted by molar-refractivity contribution is 4.96. The molecule has 0 aromatic carbocycles. The molecule has 0 radical (unpaired) electrons. The van der Waals surface area contributed by atoms with Gasteiger partial charge in [0.05, 0.1) is 24.8 Å². The van der Waals surface area contributed by atoms with E-state index in [2.05, 4.69) is 27.8 Å². The van der Waals surface area contributed by atoms with E-state index in [0.717, 1.165) is 31.8 Å². The van der Waals surface area contributed by atoms with Gasteiger partial charge in [0, 0.05) is 20.3 Å². The molecule has 7 nitrogen and oxygen atoms in total. The van der Waals surface area contributed by atoms with Gasteiger partial charge in [-0.1, -0.05) is 0 Å². The van der Waals surface area contributed by atoms with Crippen LogP contribution >= 0.6 is 0 Å². The van der Waals surface area contributed by atoms with Crippen LogP contribution in [-0.2, 0) is 9.47 Å². The van der Waals surface area contributed by atoms with E-state index in [1.807, 2.05) is 11.6 Å². The molecule has 1 aromatic heterocycles. The van der Waals surface area contributed by atoms with E-state index in [1.165, 1.54) is 0 Å². The number of nitrogens with one attached hydrogen (secondary N) is 1. The Morgan fingerprint density at radius 2 is 2.26 bits per heavy atom. The van der Waals surface area contributed by atoms with Crippen LogP contribution in [0.1, 0.15) is 44.6 Å². The Balaban J connectivity index is 1.87. The summed E-state index contributed by atoms with van der Waals surface area (Å²) in [5.74, 6) is 0.885. The zero-order chi connectivity index (χ0) is 13.7. The van der Waals surface area contributed by atoms with Crippen LogP contribution in [-0.4, -0.2) is 53.2 Å². The third-order valence-corrected chi connectivity index (χ3v) is 3.48. The van der Waals surface area contributed by atoms with E-state index in [9.17, 15) is 0 Å². The van der Waals surface area contributed by atoms with Crippen molar-refractivity contribution in [1.82, 2.24) is 25.5 Å². The van der Waals surface area contributed by atoms with Crippen molar-refractivity contribution in [2.24, 2.45) is 0 Å². The van der Waals surface area contributed by atoms with Crippen LogP contribution in [0.5, 0.6) is 0 Å². The Morgan fingerprint density at radius 3 is 2.95 bits per heavy atom. The summed E-state index contributed by atoms with van der Waals surface area (Å²) in [6, 6.07) is 0.490. The average molecular weight is 269 g/mol. The van der Waals surface area contributed by atoms with Crippen molar-refractivity contribution in [3.63, 3.8) is 0 Å². The van der Waals surface area contributed by atoms with Crippen molar-refractivity contribution < 1.29 is 9.47 Å². The molecule has 2 rings (SSSR count). The number of nitrogens with zero attached hydrogens (tertiary/aromatic N) is 4. The van der Waals surface area contributed by atoms with Gasteiger partial charge in [0.25, 0.3) is 0 Å². The Labute approximate surface area is 113 Å². The first-order valence-corrected chi connectivity index (χ1v) is 6.88. The summed E-state index contributed by atoms with van der Waals surface area (Å²) in [5, 5.41) is 15.4. The molecule has 1 atom stereocenters. The monoisotopic (exact) mass is 269 g/mol. The van der Waals surface area contributed by atoms with Gasteiger partial charge < -0.3 is 14.8 Å². The molecule has 0 saturated heterocycles. The van der Waals surface area contributed by atoms with Crippen molar-refractivity contribution >= 4 is 0 Å². The van der Waals surface area contributed by atoms with Crippen LogP contribution in [0.4, 0.5) is 0 Å². The van der Waals surface area contributed by atoms with E-state index in [-0.39, 0.29) is 6.04 Å². The van der Waals surface area contributed by atoms with Gasteiger partial charge in [0.2, 0.25) is 0 Å². The Kier molecular flexibility index (Phi) is 5.24. The molecule has 1 unspecified atom stereocenters. The molecule has 0 bridgehead atoms. The summed E-state index contributed by atoms with van der Waals surface area (Å²) in [4.78, 5) is 0. The fraction of sp³-hybridized carbons (Fsp3) is 0.917. The molecule has 1 aromatic rings. The van der Waals surface area contributed by atoms with Gasteiger partial charge in [-0.05, 0) is 37.1 Å². The summed E-state index contributed by atoms with van der Waals surface area (Å²) < 4.78 is 12.5. The molecule has 0 spiro atoms. The van der Waals surface area contributed by atoms with Crippen LogP contribution in [0.15, 0.2) is 0 Å². The predicted molar refractivity (Wildman–Crippen MR) is 69.8 cm³/mol. The van der Waals surface area contributed by atoms with Crippen molar-refractivity contribution in [3.05, 3.63) is 5.82 Å². The van der Waals surface area contributed by atoms with Gasteiger partial charge in [-0.15, -0.1) is 5.10 Å². The second-order valence-corrected chi connectivity index (χ2v) is 4.85. The summed E-state index contributed by atoms with van der Waals surface area (Å²) in [5.41, 5.74) is 0. The van der Waals surface area contributed by atoms with Gasteiger partial charge in [-0.3, -0.25) is 0 Å². The number of tetrazole rings is 1.